The molecule has 0 bridgehead atoms. The first-order valence-electron chi connectivity index (χ1n) is 12.6. The standard InChI is InChI=1S/C25H33Cl2N5O7/c1-3-15-22(36)30-17(11-33)23(37)29-16(13-7-5-4-6-8-13)9-18(35)31-20(12(2)34)25(39)32-10-14(26)19(27)21(32)24(38)28-15/h4-8,12,14-17,19-21,33-34H,3,9-11H2,1-2H3,(H,28,38)(H,29,37)(H,30,36)(H,31,35)/t12-,14+,15+,16+,17+,19+,20?,21-/m1/s1. The van der Waals surface area contributed by atoms with Crippen molar-refractivity contribution < 1.29 is 34.2 Å². The van der Waals surface area contributed by atoms with E-state index in [0.717, 1.165) is 4.90 Å². The monoisotopic (exact) mass is 585 g/mol. The minimum atomic E-state index is -1.45. The molecule has 0 aromatic heterocycles. The van der Waals surface area contributed by atoms with Crippen molar-refractivity contribution >= 4 is 52.7 Å². The third kappa shape index (κ3) is 7.18. The SMILES string of the molecule is CC[C@@H]1NC(=O)[C@H]2[C@@H](Cl)[C@@H](Cl)CN2C(=O)C([C@@H](C)O)NC(=O)C[C@@H](c2ccccc2)NC(=O)[C@H](CO)NC1=O. The van der Waals surface area contributed by atoms with Gasteiger partial charge in [-0.1, -0.05) is 37.3 Å². The summed E-state index contributed by atoms with van der Waals surface area (Å²) in [5.74, 6) is -3.75. The Hall–Kier alpha value is -2.93. The van der Waals surface area contributed by atoms with E-state index < -0.39 is 83.2 Å². The van der Waals surface area contributed by atoms with Crippen molar-refractivity contribution in [2.45, 2.75) is 73.8 Å². The van der Waals surface area contributed by atoms with Gasteiger partial charge in [0.2, 0.25) is 29.5 Å². The molecule has 2 saturated heterocycles. The average molecular weight is 586 g/mol. The van der Waals surface area contributed by atoms with Crippen LogP contribution in [0, 0.1) is 0 Å². The van der Waals surface area contributed by atoms with Crippen molar-refractivity contribution in [2.24, 2.45) is 0 Å². The van der Waals surface area contributed by atoms with Crippen molar-refractivity contribution in [1.29, 1.82) is 0 Å². The van der Waals surface area contributed by atoms with Gasteiger partial charge in [-0.05, 0) is 18.9 Å². The Kier molecular flexibility index (Phi) is 10.5. The van der Waals surface area contributed by atoms with E-state index >= 15 is 0 Å². The number of halogens is 2. The lowest BCUT2D eigenvalue weighted by Crippen LogP contribution is -2.61. The lowest BCUT2D eigenvalue weighted by molar-refractivity contribution is -0.144. The van der Waals surface area contributed by atoms with E-state index in [-0.39, 0.29) is 19.4 Å². The lowest BCUT2D eigenvalue weighted by atomic mass is 10.0. The summed E-state index contributed by atoms with van der Waals surface area (Å²) in [5.41, 5.74) is 0.554. The van der Waals surface area contributed by atoms with Crippen LogP contribution in [0.15, 0.2) is 30.3 Å². The molecule has 2 fully saturated rings. The summed E-state index contributed by atoms with van der Waals surface area (Å²) in [7, 11) is 0. The summed E-state index contributed by atoms with van der Waals surface area (Å²) in [6.45, 7) is 2.05. The number of fused-ring (bicyclic) bond motifs is 1. The molecular weight excluding hydrogens is 553 g/mol. The fourth-order valence-corrected chi connectivity index (χ4v) is 5.17. The maximum atomic E-state index is 13.5. The number of aliphatic hydroxyl groups is 2. The van der Waals surface area contributed by atoms with Gasteiger partial charge in [0.25, 0.3) is 0 Å². The Balaban J connectivity index is 2.03. The molecule has 1 aromatic rings. The van der Waals surface area contributed by atoms with Gasteiger partial charge in [0.05, 0.1) is 35.9 Å². The number of aliphatic hydroxyl groups excluding tert-OH is 2. The van der Waals surface area contributed by atoms with Gasteiger partial charge in [-0.15, -0.1) is 23.2 Å². The number of nitrogens with one attached hydrogen (secondary N) is 4. The van der Waals surface area contributed by atoms with Gasteiger partial charge < -0.3 is 36.4 Å². The highest BCUT2D eigenvalue weighted by Crippen LogP contribution is 2.29. The Morgan fingerprint density at radius 2 is 1.56 bits per heavy atom. The Labute approximate surface area is 235 Å². The molecule has 0 radical (unpaired) electrons. The third-order valence-corrected chi connectivity index (χ3v) is 7.82. The van der Waals surface area contributed by atoms with Crippen LogP contribution < -0.4 is 21.3 Å². The molecule has 2 aliphatic rings. The second kappa shape index (κ2) is 13.4. The molecule has 2 aliphatic heterocycles. The van der Waals surface area contributed by atoms with Gasteiger partial charge in [-0.3, -0.25) is 24.0 Å². The molecule has 1 unspecified atom stereocenters. The van der Waals surface area contributed by atoms with Crippen molar-refractivity contribution in [3.63, 3.8) is 0 Å². The minimum absolute atomic E-state index is 0.119. The van der Waals surface area contributed by atoms with Gasteiger partial charge in [-0.2, -0.15) is 0 Å². The molecule has 39 heavy (non-hydrogen) atoms. The van der Waals surface area contributed by atoms with E-state index in [1.54, 1.807) is 37.3 Å². The largest absolute Gasteiger partial charge is 0.394 e. The fraction of sp³-hybridized carbons (Fsp3) is 0.560. The van der Waals surface area contributed by atoms with E-state index in [4.69, 9.17) is 23.2 Å². The molecule has 5 amide bonds. The maximum absolute atomic E-state index is 13.5. The van der Waals surface area contributed by atoms with Crippen LogP contribution in [-0.4, -0.2) is 98.8 Å². The van der Waals surface area contributed by atoms with Crippen LogP contribution in [-0.2, 0) is 24.0 Å². The topological polar surface area (TPSA) is 177 Å². The Morgan fingerprint density at radius 3 is 2.15 bits per heavy atom. The predicted molar refractivity (Wildman–Crippen MR) is 142 cm³/mol. The number of amides is 5. The number of carbonyl (C=O) groups excluding carboxylic acids is 5. The number of benzene rings is 1. The van der Waals surface area contributed by atoms with Crippen molar-refractivity contribution in [2.75, 3.05) is 13.2 Å². The number of alkyl halides is 2. The van der Waals surface area contributed by atoms with Crippen LogP contribution in [0.1, 0.15) is 38.3 Å². The summed E-state index contributed by atoms with van der Waals surface area (Å²) < 4.78 is 0. The second-order valence-corrected chi connectivity index (χ2v) is 10.6. The average Bonchev–Trinajstić information content (AvgIpc) is 3.21. The highest BCUT2D eigenvalue weighted by Gasteiger charge is 2.49. The summed E-state index contributed by atoms with van der Waals surface area (Å²) in [6, 6.07) is 2.37. The lowest BCUT2D eigenvalue weighted by Gasteiger charge is -2.32. The number of carbonyl (C=O) groups is 5. The molecule has 14 heteroatoms. The first kappa shape index (κ1) is 30.6. The highest BCUT2D eigenvalue weighted by atomic mass is 35.5. The quantitative estimate of drug-likeness (QED) is 0.243. The van der Waals surface area contributed by atoms with E-state index in [2.05, 4.69) is 21.3 Å². The molecule has 0 aliphatic carbocycles. The first-order valence-corrected chi connectivity index (χ1v) is 13.5. The van der Waals surface area contributed by atoms with E-state index in [1.165, 1.54) is 6.92 Å². The van der Waals surface area contributed by atoms with Crippen LogP contribution >= 0.6 is 23.2 Å². The zero-order valence-electron chi connectivity index (χ0n) is 21.5. The van der Waals surface area contributed by atoms with Gasteiger partial charge in [0, 0.05) is 6.54 Å². The fourth-order valence-electron chi connectivity index (χ4n) is 4.56. The number of nitrogens with zero attached hydrogens (tertiary/aromatic N) is 1. The molecule has 8 atom stereocenters. The Morgan fingerprint density at radius 1 is 0.949 bits per heavy atom. The summed E-state index contributed by atoms with van der Waals surface area (Å²) >= 11 is 12.7. The zero-order chi connectivity index (χ0) is 28.9. The van der Waals surface area contributed by atoms with E-state index in [1.807, 2.05) is 0 Å². The zero-order valence-corrected chi connectivity index (χ0v) is 23.0. The highest BCUT2D eigenvalue weighted by molar-refractivity contribution is 6.32. The molecule has 12 nitrogen and oxygen atoms in total. The minimum Gasteiger partial charge on any atom is -0.394 e. The summed E-state index contributed by atoms with van der Waals surface area (Å²) in [5, 5.41) is 28.5. The molecule has 214 valence electrons. The summed E-state index contributed by atoms with van der Waals surface area (Å²) in [6.07, 6.45) is -1.57. The van der Waals surface area contributed by atoms with Crippen LogP contribution in [0.4, 0.5) is 0 Å². The number of rotatable bonds is 4. The maximum Gasteiger partial charge on any atom is 0.248 e. The first-order chi connectivity index (χ1) is 18.5. The van der Waals surface area contributed by atoms with Crippen molar-refractivity contribution in [3.05, 3.63) is 35.9 Å². The van der Waals surface area contributed by atoms with Gasteiger partial charge >= 0.3 is 0 Å². The van der Waals surface area contributed by atoms with Gasteiger partial charge in [0.1, 0.15) is 24.2 Å². The van der Waals surface area contributed by atoms with Gasteiger partial charge in [0.15, 0.2) is 0 Å². The van der Waals surface area contributed by atoms with Crippen LogP contribution in [0.5, 0.6) is 0 Å². The number of hydrogen-bond acceptors (Lipinski definition) is 7. The van der Waals surface area contributed by atoms with E-state index in [9.17, 15) is 34.2 Å². The Bertz CT molecular complexity index is 1080. The van der Waals surface area contributed by atoms with E-state index in [0.29, 0.717) is 5.56 Å². The van der Waals surface area contributed by atoms with Gasteiger partial charge in [-0.25, -0.2) is 0 Å². The summed E-state index contributed by atoms with van der Waals surface area (Å²) in [4.78, 5) is 67.0. The molecule has 0 spiro atoms. The third-order valence-electron chi connectivity index (χ3n) is 6.74. The second-order valence-electron chi connectivity index (χ2n) is 9.57. The van der Waals surface area contributed by atoms with Crippen LogP contribution in [0.25, 0.3) is 0 Å². The molecule has 1 aromatic carbocycles. The molecule has 3 rings (SSSR count). The number of hydrogen-bond donors (Lipinski definition) is 6. The molecule has 6 N–H and O–H groups in total. The predicted octanol–water partition coefficient (Wildman–Crippen LogP) is -1.09. The van der Waals surface area contributed by atoms with Crippen molar-refractivity contribution in [1.82, 2.24) is 26.2 Å². The molecule has 0 saturated carbocycles. The normalized spacial score (nSPS) is 32.0. The molecule has 2 heterocycles. The molecular formula is C25H33Cl2N5O7. The van der Waals surface area contributed by atoms with Crippen molar-refractivity contribution in [3.8, 4) is 0 Å². The van der Waals surface area contributed by atoms with Crippen LogP contribution in [0.3, 0.4) is 0 Å². The van der Waals surface area contributed by atoms with Crippen LogP contribution in [0.2, 0.25) is 0 Å². The smallest absolute Gasteiger partial charge is 0.248 e.